The first-order chi connectivity index (χ1) is 24.1. The van der Waals surface area contributed by atoms with Crippen molar-refractivity contribution in [3.05, 3.63) is 107 Å². The van der Waals surface area contributed by atoms with Gasteiger partial charge in [-0.2, -0.15) is 0 Å². The number of piperidine rings is 2. The molecule has 0 amide bonds. The number of hydrogen-bond acceptors (Lipinski definition) is 8. The molecule has 10 heteroatoms. The van der Waals surface area contributed by atoms with Gasteiger partial charge < -0.3 is 39.1 Å². The van der Waals surface area contributed by atoms with E-state index in [1.165, 1.54) is 24.3 Å². The molecule has 8 nitrogen and oxygen atoms in total. The highest BCUT2D eigenvalue weighted by Crippen LogP contribution is 2.44. The minimum absolute atomic E-state index is 0.153. The quantitative estimate of drug-likeness (QED) is 0.197. The number of benzene rings is 4. The SMILES string of the molecule is Fc1ccc([C@H]2CCNC[C@H]2COc2cc3c(cc2Cc2cc4c(cc2OC[C@@H]2CNCC[C@@H]2c2ccc(F)cc2)OCO4)OCO3)cc1. The third-order valence-electron chi connectivity index (χ3n) is 10.2. The Bertz CT molecular complexity index is 1640. The van der Waals surface area contributed by atoms with Crippen LogP contribution in [0.4, 0.5) is 8.78 Å². The Hall–Kier alpha value is -4.54. The van der Waals surface area contributed by atoms with Gasteiger partial charge in [0.15, 0.2) is 23.0 Å². The molecule has 0 unspecified atom stereocenters. The Morgan fingerprint density at radius 3 is 1.41 bits per heavy atom. The van der Waals surface area contributed by atoms with E-state index in [1.54, 1.807) is 0 Å². The normalized spacial score (nSPS) is 22.6. The van der Waals surface area contributed by atoms with Crippen molar-refractivity contribution in [2.45, 2.75) is 31.1 Å². The van der Waals surface area contributed by atoms with E-state index in [0.717, 1.165) is 61.3 Å². The van der Waals surface area contributed by atoms with Crippen molar-refractivity contribution in [1.82, 2.24) is 10.6 Å². The molecule has 2 saturated heterocycles. The highest BCUT2D eigenvalue weighted by Gasteiger charge is 2.30. The van der Waals surface area contributed by atoms with E-state index in [0.29, 0.717) is 54.1 Å². The summed E-state index contributed by atoms with van der Waals surface area (Å²) in [5, 5.41) is 7.01. The molecule has 0 bridgehead atoms. The molecule has 4 heterocycles. The maximum Gasteiger partial charge on any atom is 0.231 e. The number of hydrogen-bond donors (Lipinski definition) is 2. The summed E-state index contributed by atoms with van der Waals surface area (Å²) in [6, 6.07) is 21.5. The molecule has 8 rings (SSSR count). The molecule has 0 aromatic heterocycles. The minimum atomic E-state index is -0.231. The topological polar surface area (TPSA) is 79.4 Å². The molecule has 4 aliphatic rings. The summed E-state index contributed by atoms with van der Waals surface area (Å²) in [5.41, 5.74) is 4.11. The van der Waals surface area contributed by atoms with Crippen LogP contribution in [0, 0.1) is 23.5 Å². The Morgan fingerprint density at radius 1 is 0.571 bits per heavy atom. The van der Waals surface area contributed by atoms with Gasteiger partial charge in [0, 0.05) is 54.6 Å². The fourth-order valence-electron chi connectivity index (χ4n) is 7.57. The van der Waals surface area contributed by atoms with Crippen LogP contribution >= 0.6 is 0 Å². The molecule has 4 aromatic rings. The molecule has 0 aliphatic carbocycles. The number of rotatable bonds is 10. The Morgan fingerprint density at radius 2 is 0.980 bits per heavy atom. The summed E-state index contributed by atoms with van der Waals surface area (Å²) in [4.78, 5) is 0. The maximum absolute atomic E-state index is 13.7. The van der Waals surface area contributed by atoms with Crippen LogP contribution in [0.5, 0.6) is 34.5 Å². The van der Waals surface area contributed by atoms with Gasteiger partial charge in [-0.1, -0.05) is 24.3 Å². The van der Waals surface area contributed by atoms with Gasteiger partial charge in [0.25, 0.3) is 0 Å². The van der Waals surface area contributed by atoms with Crippen LogP contribution in [0.15, 0.2) is 72.8 Å². The minimum Gasteiger partial charge on any atom is -0.493 e. The highest BCUT2D eigenvalue weighted by atomic mass is 19.1. The fraction of sp³-hybridized carbons (Fsp3) is 0.385. The van der Waals surface area contributed by atoms with Gasteiger partial charge >= 0.3 is 0 Å². The summed E-state index contributed by atoms with van der Waals surface area (Å²) in [5.74, 6) is 4.49. The first-order valence-corrected chi connectivity index (χ1v) is 17.1. The zero-order valence-electron chi connectivity index (χ0n) is 27.2. The van der Waals surface area contributed by atoms with Gasteiger partial charge in [-0.3, -0.25) is 0 Å². The first kappa shape index (κ1) is 31.7. The van der Waals surface area contributed by atoms with Gasteiger partial charge in [-0.05, 0) is 85.3 Å². The van der Waals surface area contributed by atoms with Crippen molar-refractivity contribution in [3.63, 3.8) is 0 Å². The lowest BCUT2D eigenvalue weighted by Gasteiger charge is -2.33. The molecule has 0 radical (unpaired) electrons. The number of nitrogens with one attached hydrogen (secondary N) is 2. The fourth-order valence-corrected chi connectivity index (χ4v) is 7.57. The third kappa shape index (κ3) is 6.98. The Kier molecular flexibility index (Phi) is 9.15. The second-order valence-electron chi connectivity index (χ2n) is 13.2. The van der Waals surface area contributed by atoms with Crippen LogP contribution in [0.2, 0.25) is 0 Å². The van der Waals surface area contributed by atoms with E-state index in [9.17, 15) is 8.78 Å². The smallest absolute Gasteiger partial charge is 0.231 e. The number of ether oxygens (including phenoxy) is 6. The zero-order valence-corrected chi connectivity index (χ0v) is 27.2. The molecule has 2 N–H and O–H groups in total. The van der Waals surface area contributed by atoms with Crippen LogP contribution < -0.4 is 39.1 Å². The van der Waals surface area contributed by atoms with Gasteiger partial charge in [-0.15, -0.1) is 0 Å². The van der Waals surface area contributed by atoms with Crippen LogP contribution in [-0.2, 0) is 6.42 Å². The van der Waals surface area contributed by atoms with E-state index in [4.69, 9.17) is 28.4 Å². The van der Waals surface area contributed by atoms with Crippen LogP contribution in [0.1, 0.15) is 46.9 Å². The second-order valence-corrected chi connectivity index (χ2v) is 13.2. The van der Waals surface area contributed by atoms with E-state index >= 15 is 0 Å². The lowest BCUT2D eigenvalue weighted by atomic mass is 9.81. The van der Waals surface area contributed by atoms with Gasteiger partial charge in [-0.25, -0.2) is 8.78 Å². The number of halogens is 2. The molecule has 0 spiro atoms. The van der Waals surface area contributed by atoms with Crippen LogP contribution in [0.25, 0.3) is 0 Å². The van der Waals surface area contributed by atoms with Gasteiger partial charge in [0.05, 0.1) is 13.2 Å². The van der Waals surface area contributed by atoms with E-state index in [2.05, 4.69) is 10.6 Å². The standard InChI is InChI=1S/C39H40F2N2O6/c40-30-5-1-24(2-6-30)32-9-11-42-18-28(32)20-44-34-16-38-36(46-22-48-38)14-26(34)13-27-15-37-39(49-23-47-37)17-35(27)45-21-29-19-43-12-10-33(29)25-3-7-31(41)8-4-25/h1-8,14-17,28-29,32-33,42-43H,9-13,18-23H2/t28-,29-,32+,33+/m0/s1. The predicted molar refractivity (Wildman–Crippen MR) is 179 cm³/mol. The lowest BCUT2D eigenvalue weighted by molar-refractivity contribution is 0.173. The summed E-state index contributed by atoms with van der Waals surface area (Å²) in [7, 11) is 0. The number of fused-ring (bicyclic) bond motifs is 2. The predicted octanol–water partition coefficient (Wildman–Crippen LogP) is 6.56. The molecular weight excluding hydrogens is 630 g/mol. The largest absolute Gasteiger partial charge is 0.493 e. The molecule has 49 heavy (non-hydrogen) atoms. The third-order valence-corrected chi connectivity index (χ3v) is 10.2. The molecule has 4 aromatic carbocycles. The molecule has 2 fully saturated rings. The van der Waals surface area contributed by atoms with Gasteiger partial charge in [0.1, 0.15) is 23.1 Å². The van der Waals surface area contributed by atoms with Crippen molar-refractivity contribution in [3.8, 4) is 34.5 Å². The first-order valence-electron chi connectivity index (χ1n) is 17.1. The lowest BCUT2D eigenvalue weighted by Crippen LogP contribution is -2.38. The Labute approximate surface area is 284 Å². The monoisotopic (exact) mass is 670 g/mol. The summed E-state index contributed by atoms with van der Waals surface area (Å²) >= 11 is 0. The maximum atomic E-state index is 13.7. The van der Waals surface area contributed by atoms with Crippen molar-refractivity contribution < 1.29 is 37.2 Å². The zero-order chi connectivity index (χ0) is 33.2. The summed E-state index contributed by atoms with van der Waals surface area (Å²) < 4.78 is 63.7. The van der Waals surface area contributed by atoms with E-state index in [1.807, 2.05) is 48.5 Å². The van der Waals surface area contributed by atoms with Crippen molar-refractivity contribution >= 4 is 0 Å². The van der Waals surface area contributed by atoms with Crippen molar-refractivity contribution in [2.24, 2.45) is 11.8 Å². The molecule has 4 atom stereocenters. The molecule has 256 valence electrons. The van der Waals surface area contributed by atoms with E-state index < -0.39 is 0 Å². The Balaban J connectivity index is 1.04. The van der Waals surface area contributed by atoms with Crippen LogP contribution in [-0.4, -0.2) is 53.0 Å². The average Bonchev–Trinajstić information content (AvgIpc) is 3.79. The van der Waals surface area contributed by atoms with Crippen molar-refractivity contribution in [2.75, 3.05) is 53.0 Å². The second kappa shape index (κ2) is 14.1. The summed E-state index contributed by atoms with van der Waals surface area (Å²) in [6.45, 7) is 4.68. The van der Waals surface area contributed by atoms with E-state index in [-0.39, 0.29) is 48.9 Å². The van der Waals surface area contributed by atoms with Gasteiger partial charge in [0.2, 0.25) is 13.6 Å². The average molecular weight is 671 g/mol. The summed E-state index contributed by atoms with van der Waals surface area (Å²) in [6.07, 6.45) is 2.39. The molecule has 0 saturated carbocycles. The highest BCUT2D eigenvalue weighted by molar-refractivity contribution is 5.57. The van der Waals surface area contributed by atoms with Crippen molar-refractivity contribution in [1.29, 1.82) is 0 Å². The molecule has 4 aliphatic heterocycles. The molecular formula is C39H40F2N2O6. The van der Waals surface area contributed by atoms with Crippen LogP contribution in [0.3, 0.4) is 0 Å².